The van der Waals surface area contributed by atoms with Gasteiger partial charge in [0, 0.05) is 29.6 Å². The van der Waals surface area contributed by atoms with Crippen LogP contribution in [0.3, 0.4) is 0 Å². The van der Waals surface area contributed by atoms with Crippen LogP contribution in [-0.4, -0.2) is 23.3 Å². The molecule has 2 N–H and O–H groups in total. The Morgan fingerprint density at radius 3 is 2.18 bits per heavy atom. The van der Waals surface area contributed by atoms with Crippen molar-refractivity contribution in [2.75, 3.05) is 6.54 Å². The largest absolute Gasteiger partial charge is 0.356 e. The lowest BCUT2D eigenvalue weighted by atomic mass is 9.81. The fourth-order valence-corrected chi connectivity index (χ4v) is 3.69. The molecule has 0 spiro atoms. The van der Waals surface area contributed by atoms with Crippen molar-refractivity contribution in [3.63, 3.8) is 0 Å². The molecule has 1 saturated carbocycles. The summed E-state index contributed by atoms with van der Waals surface area (Å²) in [6.45, 7) is 1.07. The third kappa shape index (κ3) is 6.06. The highest BCUT2D eigenvalue weighted by Crippen LogP contribution is 2.29. The van der Waals surface area contributed by atoms with E-state index in [9.17, 15) is 9.59 Å². The Balaban J connectivity index is 1.35. The highest BCUT2D eigenvalue weighted by atomic mass is 35.5. The first-order valence-corrected chi connectivity index (χ1v) is 10.2. The number of aromatic nitrogens is 1. The van der Waals surface area contributed by atoms with Crippen molar-refractivity contribution >= 4 is 23.4 Å². The van der Waals surface area contributed by atoms with E-state index in [2.05, 4.69) is 15.6 Å². The van der Waals surface area contributed by atoms with Gasteiger partial charge in [-0.25, -0.2) is 0 Å². The first kappa shape index (κ1) is 20.3. The molecular weight excluding hydrogens is 374 g/mol. The Labute approximate surface area is 170 Å². The average molecular weight is 400 g/mol. The zero-order chi connectivity index (χ0) is 19.8. The van der Waals surface area contributed by atoms with Crippen LogP contribution in [0.5, 0.6) is 0 Å². The van der Waals surface area contributed by atoms with Crippen LogP contribution in [-0.2, 0) is 22.6 Å². The Morgan fingerprint density at radius 1 is 0.929 bits per heavy atom. The van der Waals surface area contributed by atoms with Crippen LogP contribution in [0.25, 0.3) is 0 Å². The first-order valence-electron chi connectivity index (χ1n) is 9.81. The highest BCUT2D eigenvalue weighted by Gasteiger charge is 2.29. The van der Waals surface area contributed by atoms with Gasteiger partial charge in [0.2, 0.25) is 11.8 Å². The zero-order valence-corrected chi connectivity index (χ0v) is 16.6. The van der Waals surface area contributed by atoms with Crippen LogP contribution in [0, 0.1) is 11.8 Å². The molecule has 0 atom stereocenters. The smallest absolute Gasteiger partial charge is 0.223 e. The minimum absolute atomic E-state index is 0.00468. The van der Waals surface area contributed by atoms with Gasteiger partial charge in [0.05, 0.1) is 12.2 Å². The van der Waals surface area contributed by atoms with Crippen molar-refractivity contribution < 1.29 is 9.59 Å². The summed E-state index contributed by atoms with van der Waals surface area (Å²) in [5.41, 5.74) is 2.00. The summed E-state index contributed by atoms with van der Waals surface area (Å²) >= 11 is 5.88. The lowest BCUT2D eigenvalue weighted by molar-refractivity contribution is -0.130. The van der Waals surface area contributed by atoms with E-state index < -0.39 is 0 Å². The summed E-state index contributed by atoms with van der Waals surface area (Å²) in [6.07, 6.45) is 5.53. The Bertz CT molecular complexity index is 772. The van der Waals surface area contributed by atoms with Crippen LogP contribution in [0.1, 0.15) is 36.9 Å². The molecule has 1 fully saturated rings. The summed E-state index contributed by atoms with van der Waals surface area (Å²) < 4.78 is 0. The molecule has 6 heteroatoms. The van der Waals surface area contributed by atoms with E-state index in [1.165, 1.54) is 0 Å². The predicted octanol–water partition coefficient (Wildman–Crippen LogP) is 3.52. The quantitative estimate of drug-likeness (QED) is 0.748. The molecule has 148 valence electrons. The standard InChI is InChI=1S/C22H26ClN3O2/c23-19-10-4-16(5-11-19)12-14-25-21(27)17-6-8-18(9-7-17)22(28)26-15-20-3-1-2-13-24-20/h1-5,10-11,13,17-18H,6-9,12,14-15H2,(H,25,27)(H,26,28). The van der Waals surface area contributed by atoms with Crippen molar-refractivity contribution in [2.24, 2.45) is 11.8 Å². The van der Waals surface area contributed by atoms with Crippen molar-refractivity contribution in [3.05, 3.63) is 64.9 Å². The monoisotopic (exact) mass is 399 g/mol. The van der Waals surface area contributed by atoms with E-state index >= 15 is 0 Å². The number of halogens is 1. The molecule has 28 heavy (non-hydrogen) atoms. The molecule has 1 aliphatic rings. The van der Waals surface area contributed by atoms with Crippen LogP contribution in [0.4, 0.5) is 0 Å². The van der Waals surface area contributed by atoms with Gasteiger partial charge in [-0.05, 0) is 61.9 Å². The Morgan fingerprint density at radius 2 is 1.57 bits per heavy atom. The van der Waals surface area contributed by atoms with E-state index in [-0.39, 0.29) is 23.7 Å². The molecule has 0 bridgehead atoms. The molecule has 3 rings (SSSR count). The van der Waals surface area contributed by atoms with Crippen molar-refractivity contribution in [1.82, 2.24) is 15.6 Å². The van der Waals surface area contributed by atoms with Crippen molar-refractivity contribution in [3.8, 4) is 0 Å². The van der Waals surface area contributed by atoms with E-state index in [0.29, 0.717) is 18.1 Å². The maximum absolute atomic E-state index is 12.4. The molecule has 0 unspecified atom stereocenters. The van der Waals surface area contributed by atoms with E-state index in [1.807, 2.05) is 42.5 Å². The molecule has 2 aromatic rings. The summed E-state index contributed by atoms with van der Waals surface area (Å²) in [7, 11) is 0. The lowest BCUT2D eigenvalue weighted by Crippen LogP contribution is -2.38. The SMILES string of the molecule is O=C(NCCc1ccc(Cl)cc1)C1CCC(C(=O)NCc2ccccn2)CC1. The minimum Gasteiger partial charge on any atom is -0.356 e. The van der Waals surface area contributed by atoms with Crippen LogP contribution in [0.15, 0.2) is 48.7 Å². The predicted molar refractivity (Wildman–Crippen MR) is 110 cm³/mol. The average Bonchev–Trinajstić information content (AvgIpc) is 2.74. The summed E-state index contributed by atoms with van der Waals surface area (Å²) in [6, 6.07) is 13.3. The second-order valence-electron chi connectivity index (χ2n) is 7.25. The molecular formula is C22H26ClN3O2. The summed E-state index contributed by atoms with van der Waals surface area (Å²) in [4.78, 5) is 29.0. The molecule has 1 heterocycles. The number of pyridine rings is 1. The third-order valence-electron chi connectivity index (χ3n) is 5.26. The van der Waals surface area contributed by atoms with Gasteiger partial charge in [-0.1, -0.05) is 29.8 Å². The molecule has 0 saturated heterocycles. The van der Waals surface area contributed by atoms with E-state index in [1.54, 1.807) is 6.20 Å². The molecule has 1 aliphatic carbocycles. The Hall–Kier alpha value is -2.40. The van der Waals surface area contributed by atoms with Gasteiger partial charge in [-0.3, -0.25) is 14.6 Å². The van der Waals surface area contributed by atoms with Crippen LogP contribution in [0.2, 0.25) is 5.02 Å². The minimum atomic E-state index is -0.0122. The fraction of sp³-hybridized carbons (Fsp3) is 0.409. The first-order chi connectivity index (χ1) is 13.6. The second-order valence-corrected chi connectivity index (χ2v) is 7.69. The highest BCUT2D eigenvalue weighted by molar-refractivity contribution is 6.30. The number of carbonyl (C=O) groups excluding carboxylic acids is 2. The maximum atomic E-state index is 12.4. The third-order valence-corrected chi connectivity index (χ3v) is 5.52. The van der Waals surface area contributed by atoms with Crippen LogP contribution < -0.4 is 10.6 Å². The number of hydrogen-bond donors (Lipinski definition) is 2. The molecule has 0 radical (unpaired) electrons. The van der Waals surface area contributed by atoms with Gasteiger partial charge in [0.15, 0.2) is 0 Å². The van der Waals surface area contributed by atoms with Gasteiger partial charge in [0.1, 0.15) is 0 Å². The van der Waals surface area contributed by atoms with Gasteiger partial charge >= 0.3 is 0 Å². The number of hydrogen-bond acceptors (Lipinski definition) is 3. The lowest BCUT2D eigenvalue weighted by Gasteiger charge is -2.27. The number of benzene rings is 1. The fourth-order valence-electron chi connectivity index (χ4n) is 3.57. The number of nitrogens with one attached hydrogen (secondary N) is 2. The molecule has 0 aliphatic heterocycles. The summed E-state index contributed by atoms with van der Waals surface area (Å²) in [5, 5.41) is 6.70. The van der Waals surface area contributed by atoms with Crippen molar-refractivity contribution in [2.45, 2.75) is 38.6 Å². The van der Waals surface area contributed by atoms with Crippen molar-refractivity contribution in [1.29, 1.82) is 0 Å². The maximum Gasteiger partial charge on any atom is 0.223 e. The number of rotatable bonds is 7. The molecule has 1 aromatic carbocycles. The van der Waals surface area contributed by atoms with Gasteiger partial charge in [0.25, 0.3) is 0 Å². The van der Waals surface area contributed by atoms with Gasteiger partial charge in [-0.2, -0.15) is 0 Å². The molecule has 2 amide bonds. The summed E-state index contributed by atoms with van der Waals surface area (Å²) in [5.74, 6) is 0.153. The van der Waals surface area contributed by atoms with E-state index in [0.717, 1.165) is 43.4 Å². The number of nitrogens with zero attached hydrogens (tertiary/aromatic N) is 1. The molecule has 1 aromatic heterocycles. The molecule has 5 nitrogen and oxygen atoms in total. The number of carbonyl (C=O) groups is 2. The number of amides is 2. The topological polar surface area (TPSA) is 71.1 Å². The zero-order valence-electron chi connectivity index (χ0n) is 15.9. The Kier molecular flexibility index (Phi) is 7.43. The second kappa shape index (κ2) is 10.2. The van der Waals surface area contributed by atoms with Gasteiger partial charge < -0.3 is 10.6 Å². The normalized spacial score (nSPS) is 19.0. The van der Waals surface area contributed by atoms with Gasteiger partial charge in [-0.15, -0.1) is 0 Å². The van der Waals surface area contributed by atoms with Crippen LogP contribution >= 0.6 is 11.6 Å². The van der Waals surface area contributed by atoms with E-state index in [4.69, 9.17) is 11.6 Å².